The van der Waals surface area contributed by atoms with Crippen LogP contribution in [0.25, 0.3) is 0 Å². The highest BCUT2D eigenvalue weighted by Gasteiger charge is 2.28. The monoisotopic (exact) mass is 243 g/mol. The zero-order valence-electron chi connectivity index (χ0n) is 11.8. The maximum atomic E-state index is 12.0. The molecule has 1 atom stereocenters. The standard InChI is InChI=1S/C13H25NO3/c1-7-14(11(8-9-15)10(2)3)12(16)17-13(4,5)6/h9-11H,7-8H2,1-6H3. The minimum absolute atomic E-state index is 0.0904. The average Bonchev–Trinajstić information content (AvgIpc) is 2.14. The van der Waals surface area contributed by atoms with Crippen molar-refractivity contribution in [1.82, 2.24) is 4.90 Å². The Morgan fingerprint density at radius 1 is 1.35 bits per heavy atom. The second-order valence-electron chi connectivity index (χ2n) is 5.48. The number of carbonyl (C=O) groups excluding carboxylic acids is 2. The highest BCUT2D eigenvalue weighted by molar-refractivity contribution is 5.69. The SMILES string of the molecule is CCN(C(=O)OC(C)(C)C)C(CC=O)C(C)C. The molecule has 0 spiro atoms. The molecular weight excluding hydrogens is 218 g/mol. The summed E-state index contributed by atoms with van der Waals surface area (Å²) in [5.41, 5.74) is -0.507. The summed E-state index contributed by atoms with van der Waals surface area (Å²) in [6.07, 6.45) is 0.864. The summed E-state index contributed by atoms with van der Waals surface area (Å²) < 4.78 is 5.34. The van der Waals surface area contributed by atoms with Crippen molar-refractivity contribution in [3.8, 4) is 0 Å². The van der Waals surface area contributed by atoms with Crippen LogP contribution in [0, 0.1) is 5.92 Å². The summed E-state index contributed by atoms with van der Waals surface area (Å²) in [4.78, 5) is 24.3. The molecule has 100 valence electrons. The van der Waals surface area contributed by atoms with Gasteiger partial charge in [-0.3, -0.25) is 0 Å². The Bertz CT molecular complexity index is 256. The smallest absolute Gasteiger partial charge is 0.410 e. The molecule has 0 N–H and O–H groups in total. The Kier molecular flexibility index (Phi) is 6.21. The van der Waals surface area contributed by atoms with Gasteiger partial charge in [0.25, 0.3) is 0 Å². The molecular formula is C13H25NO3. The predicted molar refractivity (Wildman–Crippen MR) is 67.9 cm³/mol. The van der Waals surface area contributed by atoms with Crippen molar-refractivity contribution in [1.29, 1.82) is 0 Å². The fourth-order valence-electron chi connectivity index (χ4n) is 1.68. The lowest BCUT2D eigenvalue weighted by Gasteiger charge is -2.34. The van der Waals surface area contributed by atoms with E-state index in [0.717, 1.165) is 6.29 Å². The van der Waals surface area contributed by atoms with Crippen LogP contribution in [-0.2, 0) is 9.53 Å². The van der Waals surface area contributed by atoms with Crippen molar-refractivity contribution in [2.24, 2.45) is 5.92 Å². The molecule has 0 aliphatic heterocycles. The summed E-state index contributed by atoms with van der Waals surface area (Å²) >= 11 is 0. The van der Waals surface area contributed by atoms with E-state index in [1.165, 1.54) is 0 Å². The zero-order valence-corrected chi connectivity index (χ0v) is 11.8. The van der Waals surface area contributed by atoms with Gasteiger partial charge in [-0.05, 0) is 33.6 Å². The van der Waals surface area contributed by atoms with Gasteiger partial charge in [0.1, 0.15) is 11.9 Å². The van der Waals surface area contributed by atoms with Crippen LogP contribution in [0.15, 0.2) is 0 Å². The number of nitrogens with zero attached hydrogens (tertiary/aromatic N) is 1. The molecule has 1 unspecified atom stereocenters. The van der Waals surface area contributed by atoms with Gasteiger partial charge in [-0.2, -0.15) is 0 Å². The Hall–Kier alpha value is -1.06. The number of amides is 1. The van der Waals surface area contributed by atoms with Crippen LogP contribution in [-0.4, -0.2) is 35.5 Å². The lowest BCUT2D eigenvalue weighted by atomic mass is 10.00. The first-order valence-corrected chi connectivity index (χ1v) is 6.16. The third kappa shape index (κ3) is 5.71. The molecule has 17 heavy (non-hydrogen) atoms. The van der Waals surface area contributed by atoms with E-state index in [2.05, 4.69) is 0 Å². The summed E-state index contributed by atoms with van der Waals surface area (Å²) in [7, 11) is 0. The number of hydrogen-bond acceptors (Lipinski definition) is 3. The van der Waals surface area contributed by atoms with Gasteiger partial charge < -0.3 is 14.4 Å². The first-order valence-electron chi connectivity index (χ1n) is 6.16. The highest BCUT2D eigenvalue weighted by atomic mass is 16.6. The van der Waals surface area contributed by atoms with Gasteiger partial charge in [0.2, 0.25) is 0 Å². The maximum absolute atomic E-state index is 12.0. The van der Waals surface area contributed by atoms with Crippen molar-refractivity contribution >= 4 is 12.4 Å². The van der Waals surface area contributed by atoms with Gasteiger partial charge in [0, 0.05) is 19.0 Å². The van der Waals surface area contributed by atoms with E-state index in [1.54, 1.807) is 4.90 Å². The van der Waals surface area contributed by atoms with Gasteiger partial charge >= 0.3 is 6.09 Å². The summed E-state index contributed by atoms with van der Waals surface area (Å²) in [5, 5.41) is 0. The van der Waals surface area contributed by atoms with Gasteiger partial charge in [0.15, 0.2) is 0 Å². The molecule has 0 aromatic heterocycles. The lowest BCUT2D eigenvalue weighted by Crippen LogP contribution is -2.45. The number of carbonyl (C=O) groups is 2. The fraction of sp³-hybridized carbons (Fsp3) is 0.846. The lowest BCUT2D eigenvalue weighted by molar-refractivity contribution is -0.109. The van der Waals surface area contributed by atoms with Crippen molar-refractivity contribution in [2.75, 3.05) is 6.54 Å². The van der Waals surface area contributed by atoms with Gasteiger partial charge in [0.05, 0.1) is 0 Å². The minimum Gasteiger partial charge on any atom is -0.444 e. The quantitative estimate of drug-likeness (QED) is 0.697. The molecule has 0 rings (SSSR count). The second-order valence-corrected chi connectivity index (χ2v) is 5.48. The van der Waals surface area contributed by atoms with Crippen molar-refractivity contribution in [3.05, 3.63) is 0 Å². The summed E-state index contributed by atoms with van der Waals surface area (Å²) in [6.45, 7) is 12.0. The van der Waals surface area contributed by atoms with E-state index >= 15 is 0 Å². The molecule has 0 saturated heterocycles. The topological polar surface area (TPSA) is 46.6 Å². The van der Waals surface area contributed by atoms with Crippen molar-refractivity contribution in [2.45, 2.75) is 59.6 Å². The highest BCUT2D eigenvalue weighted by Crippen LogP contribution is 2.17. The summed E-state index contributed by atoms with van der Waals surface area (Å²) in [5.74, 6) is 0.229. The Labute approximate surface area is 104 Å². The number of aldehydes is 1. The Morgan fingerprint density at radius 2 is 1.88 bits per heavy atom. The first kappa shape index (κ1) is 15.9. The molecule has 0 fully saturated rings. The molecule has 4 heteroatoms. The van der Waals surface area contributed by atoms with Crippen LogP contribution in [0.4, 0.5) is 4.79 Å². The van der Waals surface area contributed by atoms with Crippen LogP contribution in [0.2, 0.25) is 0 Å². The third-order valence-electron chi connectivity index (χ3n) is 2.48. The molecule has 0 heterocycles. The van der Waals surface area contributed by atoms with E-state index in [0.29, 0.717) is 13.0 Å². The fourth-order valence-corrected chi connectivity index (χ4v) is 1.68. The van der Waals surface area contributed by atoms with E-state index in [-0.39, 0.29) is 18.1 Å². The molecule has 4 nitrogen and oxygen atoms in total. The minimum atomic E-state index is -0.507. The molecule has 0 saturated carbocycles. The second kappa shape index (κ2) is 6.62. The third-order valence-corrected chi connectivity index (χ3v) is 2.48. The van der Waals surface area contributed by atoms with Crippen LogP contribution >= 0.6 is 0 Å². The number of ether oxygens (including phenoxy) is 1. The summed E-state index contributed by atoms with van der Waals surface area (Å²) in [6, 6.07) is -0.0904. The zero-order chi connectivity index (χ0) is 13.6. The van der Waals surface area contributed by atoms with Crippen molar-refractivity contribution < 1.29 is 14.3 Å². The molecule has 1 amide bonds. The molecule has 0 aromatic rings. The van der Waals surface area contributed by atoms with Crippen LogP contribution in [0.3, 0.4) is 0 Å². The van der Waals surface area contributed by atoms with E-state index < -0.39 is 5.60 Å². The van der Waals surface area contributed by atoms with Crippen LogP contribution in [0.5, 0.6) is 0 Å². The van der Waals surface area contributed by atoms with E-state index in [1.807, 2.05) is 41.5 Å². The van der Waals surface area contributed by atoms with Crippen molar-refractivity contribution in [3.63, 3.8) is 0 Å². The van der Waals surface area contributed by atoms with E-state index in [4.69, 9.17) is 4.74 Å². The molecule has 0 radical (unpaired) electrons. The first-order chi connectivity index (χ1) is 7.72. The number of rotatable bonds is 5. The Balaban J connectivity index is 4.78. The van der Waals surface area contributed by atoms with Crippen LogP contribution < -0.4 is 0 Å². The number of hydrogen-bond donors (Lipinski definition) is 0. The molecule has 0 aliphatic rings. The maximum Gasteiger partial charge on any atom is 0.410 e. The largest absolute Gasteiger partial charge is 0.444 e. The van der Waals surface area contributed by atoms with Crippen LogP contribution in [0.1, 0.15) is 48.0 Å². The molecule has 0 aliphatic carbocycles. The van der Waals surface area contributed by atoms with E-state index in [9.17, 15) is 9.59 Å². The average molecular weight is 243 g/mol. The van der Waals surface area contributed by atoms with Gasteiger partial charge in [-0.25, -0.2) is 4.79 Å². The molecule has 0 aromatic carbocycles. The van der Waals surface area contributed by atoms with Gasteiger partial charge in [-0.15, -0.1) is 0 Å². The Morgan fingerprint density at radius 3 is 2.18 bits per heavy atom. The van der Waals surface area contributed by atoms with Gasteiger partial charge in [-0.1, -0.05) is 13.8 Å². The predicted octanol–water partition coefficient (Wildman–Crippen LogP) is 2.86. The molecule has 0 bridgehead atoms. The normalized spacial score (nSPS) is 13.4.